The standard InChI is InChI=1S/C22H28O6/c1-14(2)27-21-18(10-11-20(25-6)22(21)28-15(3)4)19(23)13-26-17-9-7-8-16(12-17)24-5/h7-12,14-15H,13H2,1-6H3. The van der Waals surface area contributed by atoms with Gasteiger partial charge in [0.25, 0.3) is 0 Å². The van der Waals surface area contributed by atoms with Crippen LogP contribution in [0.15, 0.2) is 36.4 Å². The second-order valence-corrected chi connectivity index (χ2v) is 6.70. The molecule has 6 heteroatoms. The molecule has 0 aliphatic carbocycles. The molecule has 0 saturated carbocycles. The van der Waals surface area contributed by atoms with Crippen LogP contribution in [0.2, 0.25) is 0 Å². The highest BCUT2D eigenvalue weighted by Gasteiger charge is 2.23. The third kappa shape index (κ3) is 5.55. The molecule has 0 aromatic heterocycles. The first-order chi connectivity index (χ1) is 13.3. The zero-order valence-corrected chi connectivity index (χ0v) is 17.3. The van der Waals surface area contributed by atoms with E-state index in [0.717, 1.165) is 0 Å². The third-order valence-electron chi connectivity index (χ3n) is 3.71. The van der Waals surface area contributed by atoms with Gasteiger partial charge in [0.05, 0.1) is 32.0 Å². The molecular formula is C22H28O6. The number of Topliss-reactive ketones (excluding diaryl/α,β-unsaturated/α-hetero) is 1. The fourth-order valence-electron chi connectivity index (χ4n) is 2.54. The summed E-state index contributed by atoms with van der Waals surface area (Å²) < 4.78 is 28.0. The van der Waals surface area contributed by atoms with Crippen molar-refractivity contribution < 1.29 is 28.5 Å². The number of ketones is 1. The maximum atomic E-state index is 12.9. The molecule has 0 spiro atoms. The van der Waals surface area contributed by atoms with E-state index in [4.69, 9.17) is 23.7 Å². The van der Waals surface area contributed by atoms with Crippen molar-refractivity contribution in [1.29, 1.82) is 0 Å². The van der Waals surface area contributed by atoms with E-state index in [1.807, 2.05) is 33.8 Å². The highest BCUT2D eigenvalue weighted by Crippen LogP contribution is 2.41. The highest BCUT2D eigenvalue weighted by molar-refractivity contribution is 6.01. The molecule has 0 aliphatic rings. The molecule has 0 bridgehead atoms. The molecule has 0 fully saturated rings. The average Bonchev–Trinajstić information content (AvgIpc) is 2.66. The molecule has 0 unspecified atom stereocenters. The largest absolute Gasteiger partial charge is 0.497 e. The van der Waals surface area contributed by atoms with Crippen LogP contribution in [0.25, 0.3) is 0 Å². The van der Waals surface area contributed by atoms with Crippen molar-refractivity contribution in [2.45, 2.75) is 39.9 Å². The number of ether oxygens (including phenoxy) is 5. The van der Waals surface area contributed by atoms with Crippen molar-refractivity contribution in [3.8, 4) is 28.7 Å². The summed E-state index contributed by atoms with van der Waals surface area (Å²) >= 11 is 0. The van der Waals surface area contributed by atoms with Crippen molar-refractivity contribution in [2.24, 2.45) is 0 Å². The number of methoxy groups -OCH3 is 2. The molecule has 0 radical (unpaired) electrons. The lowest BCUT2D eigenvalue weighted by molar-refractivity contribution is 0.0912. The van der Waals surface area contributed by atoms with Gasteiger partial charge in [0, 0.05) is 6.07 Å². The van der Waals surface area contributed by atoms with Gasteiger partial charge < -0.3 is 23.7 Å². The topological polar surface area (TPSA) is 63.2 Å². The molecule has 0 N–H and O–H groups in total. The van der Waals surface area contributed by atoms with Crippen LogP contribution in [0.5, 0.6) is 28.7 Å². The minimum Gasteiger partial charge on any atom is -0.497 e. The Hall–Kier alpha value is -2.89. The van der Waals surface area contributed by atoms with Crippen LogP contribution in [0.4, 0.5) is 0 Å². The van der Waals surface area contributed by atoms with E-state index in [1.165, 1.54) is 0 Å². The van der Waals surface area contributed by atoms with Gasteiger partial charge in [-0.1, -0.05) is 6.07 Å². The van der Waals surface area contributed by atoms with Gasteiger partial charge in [-0.15, -0.1) is 0 Å². The van der Waals surface area contributed by atoms with Crippen LogP contribution in [-0.4, -0.2) is 38.8 Å². The second-order valence-electron chi connectivity index (χ2n) is 6.70. The van der Waals surface area contributed by atoms with E-state index in [-0.39, 0.29) is 24.6 Å². The van der Waals surface area contributed by atoms with Gasteiger partial charge in [-0.3, -0.25) is 4.79 Å². The van der Waals surface area contributed by atoms with Crippen molar-refractivity contribution in [3.63, 3.8) is 0 Å². The van der Waals surface area contributed by atoms with Gasteiger partial charge in [0.2, 0.25) is 11.5 Å². The average molecular weight is 388 g/mol. The predicted octanol–water partition coefficient (Wildman–Crippen LogP) is 4.54. The molecule has 2 aromatic rings. The zero-order chi connectivity index (χ0) is 20.7. The van der Waals surface area contributed by atoms with Crippen molar-refractivity contribution in [2.75, 3.05) is 20.8 Å². The zero-order valence-electron chi connectivity index (χ0n) is 17.3. The second kappa shape index (κ2) is 9.88. The molecular weight excluding hydrogens is 360 g/mol. The number of hydrogen-bond acceptors (Lipinski definition) is 6. The van der Waals surface area contributed by atoms with Crippen molar-refractivity contribution in [3.05, 3.63) is 42.0 Å². The Morgan fingerprint density at radius 2 is 1.50 bits per heavy atom. The lowest BCUT2D eigenvalue weighted by Crippen LogP contribution is -2.17. The first-order valence-electron chi connectivity index (χ1n) is 9.20. The lowest BCUT2D eigenvalue weighted by atomic mass is 10.1. The van der Waals surface area contributed by atoms with Gasteiger partial charge in [-0.25, -0.2) is 0 Å². The highest BCUT2D eigenvalue weighted by atomic mass is 16.5. The summed E-state index contributed by atoms with van der Waals surface area (Å²) in [6, 6.07) is 10.5. The molecule has 0 amide bonds. The van der Waals surface area contributed by atoms with Crippen LogP contribution in [0, 0.1) is 0 Å². The molecule has 2 aromatic carbocycles. The molecule has 0 atom stereocenters. The van der Waals surface area contributed by atoms with Crippen LogP contribution in [0.3, 0.4) is 0 Å². The van der Waals surface area contributed by atoms with Gasteiger partial charge in [-0.2, -0.15) is 0 Å². The summed E-state index contributed by atoms with van der Waals surface area (Å²) in [4.78, 5) is 12.9. The summed E-state index contributed by atoms with van der Waals surface area (Å²) in [7, 11) is 3.13. The van der Waals surface area contributed by atoms with Gasteiger partial charge in [-0.05, 0) is 52.0 Å². The quantitative estimate of drug-likeness (QED) is 0.557. The summed E-state index contributed by atoms with van der Waals surface area (Å²) in [6.45, 7) is 7.44. The lowest BCUT2D eigenvalue weighted by Gasteiger charge is -2.21. The van der Waals surface area contributed by atoms with Crippen LogP contribution in [0.1, 0.15) is 38.1 Å². The Morgan fingerprint density at radius 3 is 2.11 bits per heavy atom. The van der Waals surface area contributed by atoms with E-state index >= 15 is 0 Å². The Labute approximate surface area is 166 Å². The molecule has 28 heavy (non-hydrogen) atoms. The maximum Gasteiger partial charge on any atom is 0.204 e. The normalized spacial score (nSPS) is 10.7. The Morgan fingerprint density at radius 1 is 0.857 bits per heavy atom. The van der Waals surface area contributed by atoms with Crippen LogP contribution < -0.4 is 23.7 Å². The fourth-order valence-corrected chi connectivity index (χ4v) is 2.54. The summed E-state index contributed by atoms with van der Waals surface area (Å²) in [5.41, 5.74) is 0.382. The van der Waals surface area contributed by atoms with Gasteiger partial charge in [0.15, 0.2) is 18.1 Å². The fraction of sp³-hybridized carbons (Fsp3) is 0.409. The van der Waals surface area contributed by atoms with Crippen molar-refractivity contribution >= 4 is 5.78 Å². The molecule has 6 nitrogen and oxygen atoms in total. The van der Waals surface area contributed by atoms with E-state index in [0.29, 0.717) is 34.3 Å². The minimum atomic E-state index is -0.227. The summed E-state index contributed by atoms with van der Waals surface area (Å²) in [6.07, 6.45) is -0.255. The number of rotatable bonds is 10. The Kier molecular flexibility index (Phi) is 7.55. The molecule has 0 aliphatic heterocycles. The van der Waals surface area contributed by atoms with Gasteiger partial charge >= 0.3 is 0 Å². The SMILES string of the molecule is COc1cccc(OCC(=O)c2ccc(OC)c(OC(C)C)c2OC(C)C)c1. The van der Waals surface area contributed by atoms with Crippen LogP contribution in [-0.2, 0) is 0 Å². The number of carbonyl (C=O) groups is 1. The molecule has 0 heterocycles. The Bertz CT molecular complexity index is 798. The summed E-state index contributed by atoms with van der Waals surface area (Å²) in [5.74, 6) is 2.27. The number of benzene rings is 2. The molecule has 0 saturated heterocycles. The minimum absolute atomic E-state index is 0.109. The Balaban J connectivity index is 2.32. The number of carbonyl (C=O) groups excluding carboxylic acids is 1. The van der Waals surface area contributed by atoms with Gasteiger partial charge in [0.1, 0.15) is 11.5 Å². The van der Waals surface area contributed by atoms with E-state index in [1.54, 1.807) is 44.6 Å². The van der Waals surface area contributed by atoms with E-state index in [9.17, 15) is 4.79 Å². The summed E-state index contributed by atoms with van der Waals surface area (Å²) in [5, 5.41) is 0. The predicted molar refractivity (Wildman–Crippen MR) is 107 cm³/mol. The smallest absolute Gasteiger partial charge is 0.204 e. The monoisotopic (exact) mass is 388 g/mol. The molecule has 2 rings (SSSR count). The van der Waals surface area contributed by atoms with Crippen LogP contribution >= 0.6 is 0 Å². The third-order valence-corrected chi connectivity index (χ3v) is 3.71. The molecule has 152 valence electrons. The first kappa shape index (κ1) is 21.4. The van der Waals surface area contributed by atoms with Crippen molar-refractivity contribution in [1.82, 2.24) is 0 Å². The number of hydrogen-bond donors (Lipinski definition) is 0. The van der Waals surface area contributed by atoms with E-state index in [2.05, 4.69) is 0 Å². The van der Waals surface area contributed by atoms with E-state index < -0.39 is 0 Å². The maximum absolute atomic E-state index is 12.9. The first-order valence-corrected chi connectivity index (χ1v) is 9.20.